The van der Waals surface area contributed by atoms with Crippen molar-refractivity contribution in [3.8, 4) is 11.5 Å². The molecule has 1 aromatic heterocycles. The summed E-state index contributed by atoms with van der Waals surface area (Å²) in [4.78, 5) is 8.94. The lowest BCUT2D eigenvalue weighted by molar-refractivity contribution is -0.185. The zero-order chi connectivity index (χ0) is 26.0. The molecule has 0 unspecified atom stereocenters. The Morgan fingerprint density at radius 1 is 0.974 bits per heavy atom. The summed E-state index contributed by atoms with van der Waals surface area (Å²) >= 11 is 6.51. The number of aromatic nitrogens is 2. The third-order valence-corrected chi connectivity index (χ3v) is 7.20. The van der Waals surface area contributed by atoms with Crippen molar-refractivity contribution in [3.63, 3.8) is 0 Å². The Bertz CT molecular complexity index is 1430. The molecule has 3 aromatic carbocycles. The van der Waals surface area contributed by atoms with Crippen molar-refractivity contribution in [3.05, 3.63) is 83.4 Å². The van der Waals surface area contributed by atoms with E-state index in [1.54, 1.807) is 24.3 Å². The Morgan fingerprint density at radius 2 is 1.79 bits per heavy atom. The first-order chi connectivity index (χ1) is 18.6. The molecule has 4 aromatic rings. The number of anilines is 2. The van der Waals surface area contributed by atoms with E-state index in [2.05, 4.69) is 15.3 Å². The van der Waals surface area contributed by atoms with Crippen LogP contribution in [0.15, 0.2) is 67.0 Å². The minimum Gasteiger partial charge on any atom is -0.490 e. The summed E-state index contributed by atoms with van der Waals surface area (Å²) in [5.74, 6) is 1.11. The van der Waals surface area contributed by atoms with E-state index >= 15 is 0 Å². The van der Waals surface area contributed by atoms with Gasteiger partial charge in [-0.1, -0.05) is 29.8 Å². The summed E-state index contributed by atoms with van der Waals surface area (Å²) in [5.41, 5.74) is 2.23. The molecule has 38 heavy (non-hydrogen) atoms. The molecule has 1 spiro atoms. The number of hydrogen-bond donors (Lipinski definition) is 1. The van der Waals surface area contributed by atoms with Crippen molar-refractivity contribution in [1.82, 2.24) is 9.97 Å². The molecule has 7 nitrogen and oxygen atoms in total. The molecule has 9 heteroatoms. The number of rotatable bonds is 7. The molecule has 0 radical (unpaired) electrons. The van der Waals surface area contributed by atoms with Crippen molar-refractivity contribution in [2.45, 2.75) is 44.2 Å². The van der Waals surface area contributed by atoms with Crippen LogP contribution in [0.5, 0.6) is 11.5 Å². The fraction of sp³-hybridized carbons (Fsp3) is 0.310. The molecule has 6 rings (SSSR count). The number of nitrogens with one attached hydrogen (secondary N) is 1. The Hall–Kier alpha value is -3.46. The van der Waals surface area contributed by atoms with Gasteiger partial charge in [0.15, 0.2) is 5.79 Å². The van der Waals surface area contributed by atoms with Crippen LogP contribution in [0.2, 0.25) is 5.02 Å². The first-order valence-corrected chi connectivity index (χ1v) is 13.1. The van der Waals surface area contributed by atoms with Gasteiger partial charge in [0.05, 0.1) is 35.2 Å². The van der Waals surface area contributed by atoms with Crippen LogP contribution >= 0.6 is 11.6 Å². The largest absolute Gasteiger partial charge is 0.490 e. The van der Waals surface area contributed by atoms with E-state index in [0.29, 0.717) is 29.8 Å². The van der Waals surface area contributed by atoms with Gasteiger partial charge in [-0.2, -0.15) is 0 Å². The van der Waals surface area contributed by atoms with Crippen LogP contribution in [0.25, 0.3) is 10.9 Å². The molecule has 1 aliphatic heterocycles. The molecule has 1 N–H and O–H groups in total. The van der Waals surface area contributed by atoms with Gasteiger partial charge in [0.2, 0.25) is 0 Å². The van der Waals surface area contributed by atoms with E-state index in [1.165, 1.54) is 18.5 Å². The van der Waals surface area contributed by atoms with E-state index in [0.717, 1.165) is 53.6 Å². The third kappa shape index (κ3) is 5.38. The molecule has 0 atom stereocenters. The van der Waals surface area contributed by atoms with Crippen LogP contribution < -0.4 is 14.8 Å². The van der Waals surface area contributed by atoms with Crippen LogP contribution in [0, 0.1) is 5.82 Å². The van der Waals surface area contributed by atoms with Gasteiger partial charge in [-0.15, -0.1) is 0 Å². The summed E-state index contributed by atoms with van der Waals surface area (Å²) in [5, 5.41) is 4.57. The van der Waals surface area contributed by atoms with Gasteiger partial charge in [-0.25, -0.2) is 14.4 Å². The Morgan fingerprint density at radius 3 is 2.58 bits per heavy atom. The Balaban J connectivity index is 1.18. The summed E-state index contributed by atoms with van der Waals surface area (Å²) in [6.45, 7) is 1.53. The first-order valence-electron chi connectivity index (χ1n) is 12.7. The average molecular weight is 536 g/mol. The number of fused-ring (bicyclic) bond motifs is 1. The maximum absolute atomic E-state index is 13.4. The van der Waals surface area contributed by atoms with E-state index in [9.17, 15) is 4.39 Å². The highest BCUT2D eigenvalue weighted by Gasteiger charge is 2.41. The second kappa shape index (κ2) is 10.7. The smallest absolute Gasteiger partial charge is 0.168 e. The summed E-state index contributed by atoms with van der Waals surface area (Å²) < 4.78 is 37.4. The molecular weight excluding hydrogens is 509 g/mol. The van der Waals surface area contributed by atoms with Crippen LogP contribution in [-0.4, -0.2) is 35.1 Å². The average Bonchev–Trinajstić information content (AvgIpc) is 3.38. The SMILES string of the molecule is Fc1cccc(COc2ccc(Nc3ncnc4cccc(OC5CCC6(CC5)OCCO6)c34)cc2Cl)c1. The lowest BCUT2D eigenvalue weighted by atomic mass is 9.91. The number of nitrogens with zero attached hydrogens (tertiary/aromatic N) is 2. The molecule has 1 saturated heterocycles. The predicted octanol–water partition coefficient (Wildman–Crippen LogP) is 6.81. The van der Waals surface area contributed by atoms with Gasteiger partial charge in [-0.3, -0.25) is 0 Å². The van der Waals surface area contributed by atoms with Crippen LogP contribution in [0.3, 0.4) is 0 Å². The maximum atomic E-state index is 13.4. The van der Waals surface area contributed by atoms with Crippen LogP contribution in [0.4, 0.5) is 15.9 Å². The molecule has 1 aliphatic carbocycles. The van der Waals surface area contributed by atoms with E-state index < -0.39 is 5.79 Å². The molecule has 2 heterocycles. The van der Waals surface area contributed by atoms with Gasteiger partial charge < -0.3 is 24.3 Å². The second-order valence-electron chi connectivity index (χ2n) is 9.49. The molecule has 0 bridgehead atoms. The minimum atomic E-state index is -0.430. The number of hydrogen-bond acceptors (Lipinski definition) is 7. The topological polar surface area (TPSA) is 74.7 Å². The molecule has 2 fully saturated rings. The third-order valence-electron chi connectivity index (χ3n) is 6.90. The van der Waals surface area contributed by atoms with Crippen LogP contribution in [-0.2, 0) is 16.1 Å². The Labute approximate surface area is 224 Å². The molecule has 1 saturated carbocycles. The quantitative estimate of drug-likeness (QED) is 0.278. The van der Waals surface area contributed by atoms with E-state index in [-0.39, 0.29) is 18.5 Å². The molecule has 0 amide bonds. The van der Waals surface area contributed by atoms with Crippen molar-refractivity contribution < 1.29 is 23.3 Å². The monoisotopic (exact) mass is 535 g/mol. The Kier molecular flexibility index (Phi) is 7.02. The number of benzene rings is 3. The summed E-state index contributed by atoms with van der Waals surface area (Å²) in [7, 11) is 0. The van der Waals surface area contributed by atoms with Gasteiger partial charge in [0.1, 0.15) is 36.1 Å². The maximum Gasteiger partial charge on any atom is 0.168 e. The van der Waals surface area contributed by atoms with Crippen molar-refractivity contribution in [2.24, 2.45) is 0 Å². The highest BCUT2D eigenvalue weighted by Crippen LogP contribution is 2.39. The van der Waals surface area contributed by atoms with Gasteiger partial charge in [0, 0.05) is 18.5 Å². The van der Waals surface area contributed by atoms with E-state index in [4.69, 9.17) is 30.5 Å². The molecular formula is C29H27ClFN3O4. The lowest BCUT2D eigenvalue weighted by Crippen LogP contribution is -2.38. The standard InChI is InChI=1S/C29H27ClFN3O4/c30-23-16-21(7-8-25(23)35-17-19-3-1-4-20(31)15-19)34-28-27-24(32-18-33-28)5-2-6-26(27)38-22-9-11-29(12-10-22)36-13-14-37-29/h1-8,15-16,18,22H,9-14,17H2,(H,32,33,34). The first kappa shape index (κ1) is 24.9. The number of halogens is 2. The zero-order valence-electron chi connectivity index (χ0n) is 20.7. The normalized spacial score (nSPS) is 17.1. The van der Waals surface area contributed by atoms with E-state index in [1.807, 2.05) is 24.3 Å². The molecule has 196 valence electrons. The van der Waals surface area contributed by atoms with Crippen LogP contribution in [0.1, 0.15) is 31.2 Å². The highest BCUT2D eigenvalue weighted by atomic mass is 35.5. The van der Waals surface area contributed by atoms with Crippen molar-refractivity contribution in [1.29, 1.82) is 0 Å². The summed E-state index contributed by atoms with van der Waals surface area (Å²) in [6, 6.07) is 17.5. The lowest BCUT2D eigenvalue weighted by Gasteiger charge is -2.35. The van der Waals surface area contributed by atoms with Crippen molar-refractivity contribution >= 4 is 34.0 Å². The minimum absolute atomic E-state index is 0.0519. The second-order valence-corrected chi connectivity index (χ2v) is 9.89. The molecule has 2 aliphatic rings. The number of ether oxygens (including phenoxy) is 4. The highest BCUT2D eigenvalue weighted by molar-refractivity contribution is 6.32. The predicted molar refractivity (Wildman–Crippen MR) is 143 cm³/mol. The van der Waals surface area contributed by atoms with Gasteiger partial charge in [-0.05, 0) is 60.9 Å². The fourth-order valence-electron chi connectivity index (χ4n) is 5.01. The van der Waals surface area contributed by atoms with Crippen molar-refractivity contribution in [2.75, 3.05) is 18.5 Å². The fourth-order valence-corrected chi connectivity index (χ4v) is 5.24. The zero-order valence-corrected chi connectivity index (χ0v) is 21.4. The van der Waals surface area contributed by atoms with Gasteiger partial charge in [0.25, 0.3) is 0 Å². The summed E-state index contributed by atoms with van der Waals surface area (Å²) in [6.07, 6.45) is 4.90. The van der Waals surface area contributed by atoms with Gasteiger partial charge >= 0.3 is 0 Å².